The number of hydrogen-bond acceptors (Lipinski definition) is 1. The summed E-state index contributed by atoms with van der Waals surface area (Å²) in [6.07, 6.45) is 1.75. The average molecular weight is 245 g/mol. The van der Waals surface area contributed by atoms with Gasteiger partial charge in [-0.25, -0.2) is 0 Å². The van der Waals surface area contributed by atoms with E-state index in [1.165, 1.54) is 0 Å². The largest absolute Gasteiger partial charge is 0.390 e. The van der Waals surface area contributed by atoms with Gasteiger partial charge in [0.1, 0.15) is 0 Å². The number of rotatable bonds is 2. The van der Waals surface area contributed by atoms with Crippen molar-refractivity contribution in [3.63, 3.8) is 0 Å². The molecular weight excluding hydrogens is 219 g/mol. The first kappa shape index (κ1) is 23.8. The highest BCUT2D eigenvalue weighted by Gasteiger charge is 2.28. The summed E-state index contributed by atoms with van der Waals surface area (Å²) in [6.45, 7) is 15.3. The Morgan fingerprint density at radius 1 is 1.07 bits per heavy atom. The molecule has 0 aliphatic rings. The topological polar surface area (TPSA) is 20.2 Å². The Balaban J connectivity index is -0.0000000891. The first-order valence-electron chi connectivity index (χ1n) is 4.60. The van der Waals surface area contributed by atoms with E-state index in [1.54, 1.807) is 6.08 Å². The molecule has 0 aliphatic carbocycles. The first-order chi connectivity index (χ1) is 5.30. The van der Waals surface area contributed by atoms with Gasteiger partial charge in [-0.2, -0.15) is 0 Å². The fourth-order valence-corrected chi connectivity index (χ4v) is 0.667. The molecule has 3 heteroatoms. The maximum atomic E-state index is 9.67. The van der Waals surface area contributed by atoms with Crippen LogP contribution >= 0.6 is 24.8 Å². The lowest BCUT2D eigenvalue weighted by molar-refractivity contribution is -0.0289. The van der Waals surface area contributed by atoms with Gasteiger partial charge in [-0.1, -0.05) is 33.8 Å². The van der Waals surface area contributed by atoms with E-state index < -0.39 is 5.60 Å². The van der Waals surface area contributed by atoms with Crippen molar-refractivity contribution < 1.29 is 5.11 Å². The van der Waals surface area contributed by atoms with Gasteiger partial charge in [-0.05, 0) is 25.7 Å². The van der Waals surface area contributed by atoms with Crippen LogP contribution < -0.4 is 0 Å². The van der Waals surface area contributed by atoms with Gasteiger partial charge in [-0.3, -0.25) is 0 Å². The fourth-order valence-electron chi connectivity index (χ4n) is 0.667. The van der Waals surface area contributed by atoms with Gasteiger partial charge in [0, 0.05) is 0 Å². The highest BCUT2D eigenvalue weighted by Crippen LogP contribution is 2.24. The van der Waals surface area contributed by atoms with Crippen LogP contribution in [0.15, 0.2) is 12.7 Å². The lowest BCUT2D eigenvalue weighted by Gasteiger charge is -2.31. The third kappa shape index (κ3) is 10.4. The van der Waals surface area contributed by atoms with E-state index in [4.69, 9.17) is 0 Å². The van der Waals surface area contributed by atoms with E-state index in [0.29, 0.717) is 11.8 Å². The van der Waals surface area contributed by atoms with Crippen molar-refractivity contribution in [2.24, 2.45) is 11.8 Å². The van der Waals surface area contributed by atoms with E-state index in [1.807, 2.05) is 41.5 Å². The minimum atomic E-state index is -0.500. The summed E-state index contributed by atoms with van der Waals surface area (Å²) < 4.78 is 0. The molecule has 0 amide bonds. The lowest BCUT2D eigenvalue weighted by Crippen LogP contribution is -2.36. The molecule has 0 unspecified atom stereocenters. The SMILES string of the molecule is C=CC.CC(C)C(C)(O)C(C)C.Cl.Cl. The van der Waals surface area contributed by atoms with E-state index in [2.05, 4.69) is 6.58 Å². The molecular formula is C11H26Cl2O. The van der Waals surface area contributed by atoms with Crippen LogP contribution in [0.25, 0.3) is 0 Å². The van der Waals surface area contributed by atoms with Gasteiger partial charge in [0.2, 0.25) is 0 Å². The van der Waals surface area contributed by atoms with Crippen LogP contribution in [0.4, 0.5) is 0 Å². The number of allylic oxidation sites excluding steroid dienone is 1. The Morgan fingerprint density at radius 3 is 1.21 bits per heavy atom. The summed E-state index contributed by atoms with van der Waals surface area (Å²) >= 11 is 0. The minimum absolute atomic E-state index is 0. The molecule has 1 N–H and O–H groups in total. The molecule has 0 aromatic rings. The summed E-state index contributed by atoms with van der Waals surface area (Å²) in [5, 5.41) is 9.67. The molecule has 14 heavy (non-hydrogen) atoms. The Labute approximate surface area is 102 Å². The van der Waals surface area contributed by atoms with Gasteiger partial charge >= 0.3 is 0 Å². The van der Waals surface area contributed by atoms with Gasteiger partial charge < -0.3 is 5.11 Å². The van der Waals surface area contributed by atoms with E-state index >= 15 is 0 Å². The molecule has 0 rings (SSSR count). The van der Waals surface area contributed by atoms with Gasteiger partial charge in [0.05, 0.1) is 5.60 Å². The van der Waals surface area contributed by atoms with Crippen LogP contribution in [-0.2, 0) is 0 Å². The quantitative estimate of drug-likeness (QED) is 0.726. The molecule has 1 nitrogen and oxygen atoms in total. The smallest absolute Gasteiger partial charge is 0.0665 e. The maximum Gasteiger partial charge on any atom is 0.0665 e. The van der Waals surface area contributed by atoms with Gasteiger partial charge in [0.15, 0.2) is 0 Å². The predicted molar refractivity (Wildman–Crippen MR) is 70.7 cm³/mol. The summed E-state index contributed by atoms with van der Waals surface area (Å²) in [4.78, 5) is 0. The molecule has 0 saturated carbocycles. The summed E-state index contributed by atoms with van der Waals surface area (Å²) in [6, 6.07) is 0. The van der Waals surface area contributed by atoms with Crippen molar-refractivity contribution in [3.8, 4) is 0 Å². The van der Waals surface area contributed by atoms with Crippen molar-refractivity contribution in [2.75, 3.05) is 0 Å². The summed E-state index contributed by atoms with van der Waals surface area (Å²) in [5.74, 6) is 0.690. The molecule has 0 aromatic heterocycles. The Bertz CT molecular complexity index is 110. The third-order valence-electron chi connectivity index (χ3n) is 2.34. The monoisotopic (exact) mass is 244 g/mol. The van der Waals surface area contributed by atoms with Crippen LogP contribution in [0, 0.1) is 11.8 Å². The van der Waals surface area contributed by atoms with Crippen molar-refractivity contribution in [1.82, 2.24) is 0 Å². The summed E-state index contributed by atoms with van der Waals surface area (Å²) in [7, 11) is 0. The van der Waals surface area contributed by atoms with Crippen LogP contribution in [-0.4, -0.2) is 10.7 Å². The second-order valence-corrected chi connectivity index (χ2v) is 3.94. The Morgan fingerprint density at radius 2 is 1.21 bits per heavy atom. The van der Waals surface area contributed by atoms with Crippen LogP contribution in [0.2, 0.25) is 0 Å². The molecule has 0 spiro atoms. The molecule has 90 valence electrons. The Kier molecular flexibility index (Phi) is 19.3. The van der Waals surface area contributed by atoms with Crippen molar-refractivity contribution >= 4 is 24.8 Å². The number of aliphatic hydroxyl groups is 1. The zero-order valence-electron chi connectivity index (χ0n) is 10.2. The fraction of sp³-hybridized carbons (Fsp3) is 0.818. The zero-order valence-corrected chi connectivity index (χ0v) is 11.8. The van der Waals surface area contributed by atoms with Gasteiger partial charge in [0.25, 0.3) is 0 Å². The standard InChI is InChI=1S/C8H18O.C3H6.2ClH/c1-6(2)8(5,9)7(3)4;1-3-2;;/h6-7,9H,1-5H3;3H,1H2,2H3;2*1H. The molecule has 0 aromatic carbocycles. The normalized spacial score (nSPS) is 9.50. The third-order valence-corrected chi connectivity index (χ3v) is 2.34. The molecule has 0 heterocycles. The molecule has 0 atom stereocenters. The van der Waals surface area contributed by atoms with Crippen molar-refractivity contribution in [1.29, 1.82) is 0 Å². The van der Waals surface area contributed by atoms with Crippen molar-refractivity contribution in [2.45, 2.75) is 47.1 Å². The van der Waals surface area contributed by atoms with Crippen LogP contribution in [0.5, 0.6) is 0 Å². The van der Waals surface area contributed by atoms with E-state index in [-0.39, 0.29) is 24.8 Å². The zero-order chi connectivity index (χ0) is 10.4. The second-order valence-electron chi connectivity index (χ2n) is 3.94. The second kappa shape index (κ2) is 11.4. The van der Waals surface area contributed by atoms with Crippen LogP contribution in [0.1, 0.15) is 41.5 Å². The molecule has 0 bridgehead atoms. The Hall–Kier alpha value is 0.280. The number of hydrogen-bond donors (Lipinski definition) is 1. The van der Waals surface area contributed by atoms with E-state index in [0.717, 1.165) is 0 Å². The summed E-state index contributed by atoms with van der Waals surface area (Å²) in [5.41, 5.74) is -0.500. The highest BCUT2D eigenvalue weighted by molar-refractivity contribution is 5.85. The lowest BCUT2D eigenvalue weighted by atomic mass is 9.82. The van der Waals surface area contributed by atoms with Crippen molar-refractivity contribution in [3.05, 3.63) is 12.7 Å². The predicted octanol–water partition coefficient (Wildman–Crippen LogP) is 4.09. The number of halogens is 2. The maximum absolute atomic E-state index is 9.67. The molecule has 0 fully saturated rings. The van der Waals surface area contributed by atoms with Gasteiger partial charge in [-0.15, -0.1) is 31.4 Å². The highest BCUT2D eigenvalue weighted by atomic mass is 35.5. The first-order valence-corrected chi connectivity index (χ1v) is 4.60. The minimum Gasteiger partial charge on any atom is -0.390 e. The van der Waals surface area contributed by atoms with E-state index in [9.17, 15) is 5.11 Å². The average Bonchev–Trinajstić information content (AvgIpc) is 1.88. The molecule has 0 aliphatic heterocycles. The molecule has 0 saturated heterocycles. The van der Waals surface area contributed by atoms with Crippen LogP contribution in [0.3, 0.4) is 0 Å². The molecule has 0 radical (unpaired) electrons.